The third-order valence-electron chi connectivity index (χ3n) is 4.24. The fourth-order valence-corrected chi connectivity index (χ4v) is 3.52. The van der Waals surface area contributed by atoms with Gasteiger partial charge in [0.1, 0.15) is 0 Å². The van der Waals surface area contributed by atoms with E-state index in [0.29, 0.717) is 17.8 Å². The molecule has 0 saturated carbocycles. The van der Waals surface area contributed by atoms with Crippen molar-refractivity contribution in [3.63, 3.8) is 0 Å². The van der Waals surface area contributed by atoms with E-state index in [1.807, 2.05) is 6.92 Å². The first-order chi connectivity index (χ1) is 9.80. The largest absolute Gasteiger partial charge is 0.325 e. The van der Waals surface area contributed by atoms with E-state index in [4.69, 9.17) is 5.14 Å². The number of benzene rings is 1. The van der Waals surface area contributed by atoms with Crippen molar-refractivity contribution in [2.45, 2.75) is 31.6 Å². The molecule has 6 nitrogen and oxygen atoms in total. The van der Waals surface area contributed by atoms with Crippen LogP contribution >= 0.6 is 0 Å². The van der Waals surface area contributed by atoms with Crippen molar-refractivity contribution in [2.75, 3.05) is 18.4 Å². The normalized spacial score (nSPS) is 22.2. The van der Waals surface area contributed by atoms with Crippen LogP contribution in [0.2, 0.25) is 0 Å². The Labute approximate surface area is 125 Å². The Bertz CT molecular complexity index is 649. The number of sulfonamides is 1. The maximum atomic E-state index is 12.5. The van der Waals surface area contributed by atoms with Crippen molar-refractivity contribution in [3.8, 4) is 0 Å². The van der Waals surface area contributed by atoms with Gasteiger partial charge in [0.2, 0.25) is 15.9 Å². The minimum Gasteiger partial charge on any atom is -0.325 e. The standard InChI is InChI=1S/C14H21N3O3S/c1-3-14(7-8-16-9-14)13(18)17-11-5-4-6-12(10(11)2)21(15,19)20/h4-6,16H,3,7-9H2,1-2H3,(H,17,18)(H2,15,19,20). The molecule has 1 fully saturated rings. The summed E-state index contributed by atoms with van der Waals surface area (Å²) in [5.41, 5.74) is 0.529. The Balaban J connectivity index is 2.30. The first-order valence-corrected chi connectivity index (χ1v) is 8.49. The maximum Gasteiger partial charge on any atom is 0.238 e. The lowest BCUT2D eigenvalue weighted by Gasteiger charge is -2.25. The van der Waals surface area contributed by atoms with Crippen molar-refractivity contribution in [2.24, 2.45) is 10.6 Å². The summed E-state index contributed by atoms with van der Waals surface area (Å²) in [6, 6.07) is 4.70. The Hall–Kier alpha value is -1.44. The van der Waals surface area contributed by atoms with Gasteiger partial charge in [-0.25, -0.2) is 13.6 Å². The fraction of sp³-hybridized carbons (Fsp3) is 0.500. The molecule has 0 spiro atoms. The van der Waals surface area contributed by atoms with Crippen LogP contribution in [0.25, 0.3) is 0 Å². The van der Waals surface area contributed by atoms with Gasteiger partial charge in [0.25, 0.3) is 0 Å². The van der Waals surface area contributed by atoms with Crippen LogP contribution in [0.4, 0.5) is 5.69 Å². The topological polar surface area (TPSA) is 101 Å². The molecule has 0 aromatic heterocycles. The molecule has 1 unspecified atom stereocenters. The van der Waals surface area contributed by atoms with E-state index in [1.165, 1.54) is 6.07 Å². The predicted octanol–water partition coefficient (Wildman–Crippen LogP) is 0.971. The van der Waals surface area contributed by atoms with Gasteiger partial charge in [0.05, 0.1) is 10.3 Å². The molecule has 0 aliphatic carbocycles. The molecule has 1 heterocycles. The number of hydrogen-bond acceptors (Lipinski definition) is 4. The summed E-state index contributed by atoms with van der Waals surface area (Å²) >= 11 is 0. The van der Waals surface area contributed by atoms with Crippen LogP contribution in [0.15, 0.2) is 23.1 Å². The average molecular weight is 311 g/mol. The summed E-state index contributed by atoms with van der Waals surface area (Å²) < 4.78 is 23.0. The van der Waals surface area contributed by atoms with Gasteiger partial charge in [-0.3, -0.25) is 4.79 Å². The molecule has 1 aliphatic heterocycles. The summed E-state index contributed by atoms with van der Waals surface area (Å²) in [7, 11) is -3.80. The van der Waals surface area contributed by atoms with Crippen molar-refractivity contribution < 1.29 is 13.2 Å². The maximum absolute atomic E-state index is 12.5. The zero-order valence-electron chi connectivity index (χ0n) is 12.3. The predicted molar refractivity (Wildman–Crippen MR) is 81.4 cm³/mol. The zero-order chi connectivity index (χ0) is 15.7. The molecule has 1 amide bonds. The van der Waals surface area contributed by atoms with Crippen molar-refractivity contribution in [1.29, 1.82) is 0 Å². The summed E-state index contributed by atoms with van der Waals surface area (Å²) in [6.07, 6.45) is 1.52. The number of carbonyl (C=O) groups is 1. The van der Waals surface area contributed by atoms with Crippen LogP contribution in [0.3, 0.4) is 0 Å². The van der Waals surface area contributed by atoms with Gasteiger partial charge in [-0.2, -0.15) is 0 Å². The van der Waals surface area contributed by atoms with Gasteiger partial charge in [-0.1, -0.05) is 13.0 Å². The SMILES string of the molecule is CCC1(C(=O)Nc2cccc(S(N)(=O)=O)c2C)CCNC1. The molecule has 1 atom stereocenters. The molecule has 1 aromatic carbocycles. The van der Waals surface area contributed by atoms with E-state index in [-0.39, 0.29) is 10.8 Å². The lowest BCUT2D eigenvalue weighted by Crippen LogP contribution is -2.37. The van der Waals surface area contributed by atoms with Crippen molar-refractivity contribution in [3.05, 3.63) is 23.8 Å². The molecular weight excluding hydrogens is 290 g/mol. The number of nitrogens with two attached hydrogens (primary N) is 1. The monoisotopic (exact) mass is 311 g/mol. The Morgan fingerprint density at radius 3 is 2.71 bits per heavy atom. The van der Waals surface area contributed by atoms with Gasteiger partial charge in [-0.15, -0.1) is 0 Å². The van der Waals surface area contributed by atoms with Gasteiger partial charge < -0.3 is 10.6 Å². The second-order valence-corrected chi connectivity index (χ2v) is 7.02. The number of rotatable bonds is 4. The van der Waals surface area contributed by atoms with Gasteiger partial charge in [0.15, 0.2) is 0 Å². The summed E-state index contributed by atoms with van der Waals surface area (Å²) in [5, 5.41) is 11.2. The number of nitrogens with one attached hydrogen (secondary N) is 2. The number of hydrogen-bond donors (Lipinski definition) is 3. The van der Waals surface area contributed by atoms with Gasteiger partial charge in [-0.05, 0) is 44.0 Å². The van der Waals surface area contributed by atoms with E-state index in [0.717, 1.165) is 19.4 Å². The second kappa shape index (κ2) is 5.75. The molecular formula is C14H21N3O3S. The number of anilines is 1. The second-order valence-electron chi connectivity index (χ2n) is 5.49. The molecule has 1 aliphatic rings. The van der Waals surface area contributed by atoms with Crippen LogP contribution in [0.5, 0.6) is 0 Å². The molecule has 7 heteroatoms. The first kappa shape index (κ1) is 15.9. The summed E-state index contributed by atoms with van der Waals surface area (Å²) in [4.78, 5) is 12.6. The molecule has 1 saturated heterocycles. The van der Waals surface area contributed by atoms with E-state index in [2.05, 4.69) is 10.6 Å². The highest BCUT2D eigenvalue weighted by Gasteiger charge is 2.39. The molecule has 116 valence electrons. The fourth-order valence-electron chi connectivity index (χ4n) is 2.71. The summed E-state index contributed by atoms with van der Waals surface area (Å²) in [6.45, 7) is 5.09. The smallest absolute Gasteiger partial charge is 0.238 e. The highest BCUT2D eigenvalue weighted by Crippen LogP contribution is 2.32. The lowest BCUT2D eigenvalue weighted by molar-refractivity contribution is -0.124. The molecule has 0 bridgehead atoms. The van der Waals surface area contributed by atoms with Crippen molar-refractivity contribution >= 4 is 21.6 Å². The molecule has 2 rings (SSSR count). The Kier molecular flexibility index (Phi) is 4.36. The quantitative estimate of drug-likeness (QED) is 0.771. The molecule has 1 aromatic rings. The van der Waals surface area contributed by atoms with Gasteiger partial charge >= 0.3 is 0 Å². The lowest BCUT2D eigenvalue weighted by atomic mass is 9.83. The van der Waals surface area contributed by atoms with Crippen molar-refractivity contribution in [1.82, 2.24) is 5.32 Å². The van der Waals surface area contributed by atoms with Crippen LogP contribution in [-0.2, 0) is 14.8 Å². The van der Waals surface area contributed by atoms with E-state index in [9.17, 15) is 13.2 Å². The highest BCUT2D eigenvalue weighted by atomic mass is 32.2. The number of carbonyl (C=O) groups excluding carboxylic acids is 1. The Morgan fingerprint density at radius 1 is 1.48 bits per heavy atom. The highest BCUT2D eigenvalue weighted by molar-refractivity contribution is 7.89. The van der Waals surface area contributed by atoms with Crippen LogP contribution in [0.1, 0.15) is 25.3 Å². The minimum atomic E-state index is -3.80. The molecule has 0 radical (unpaired) electrons. The number of primary sulfonamides is 1. The van der Waals surface area contributed by atoms with Gasteiger partial charge in [0, 0.05) is 12.2 Å². The average Bonchev–Trinajstić information content (AvgIpc) is 2.89. The van der Waals surface area contributed by atoms with E-state index >= 15 is 0 Å². The summed E-state index contributed by atoms with van der Waals surface area (Å²) in [5.74, 6) is -0.0790. The molecule has 21 heavy (non-hydrogen) atoms. The van der Waals surface area contributed by atoms with Crippen LogP contribution in [0, 0.1) is 12.3 Å². The van der Waals surface area contributed by atoms with Crippen LogP contribution in [-0.4, -0.2) is 27.4 Å². The minimum absolute atomic E-state index is 0.0374. The zero-order valence-corrected chi connectivity index (χ0v) is 13.1. The van der Waals surface area contributed by atoms with E-state index in [1.54, 1.807) is 19.1 Å². The molecule has 4 N–H and O–H groups in total. The van der Waals surface area contributed by atoms with E-state index < -0.39 is 15.4 Å². The third-order valence-corrected chi connectivity index (χ3v) is 5.30. The third kappa shape index (κ3) is 3.09. The Morgan fingerprint density at radius 2 is 2.19 bits per heavy atom. The van der Waals surface area contributed by atoms with Crippen LogP contribution < -0.4 is 15.8 Å². The first-order valence-electron chi connectivity index (χ1n) is 6.95. The number of amides is 1.